The van der Waals surface area contributed by atoms with E-state index in [1.54, 1.807) is 0 Å². The third-order valence-corrected chi connectivity index (χ3v) is 12.8. The van der Waals surface area contributed by atoms with E-state index in [0.29, 0.717) is 24.2 Å². The van der Waals surface area contributed by atoms with E-state index in [1.807, 2.05) is 42.3 Å². The molecule has 3 aliphatic rings. The minimum absolute atomic E-state index is 0. The molecule has 1 aliphatic heterocycles. The second-order valence-electron chi connectivity index (χ2n) is 23.7. The topological polar surface area (TPSA) is 150 Å². The van der Waals surface area contributed by atoms with Crippen molar-refractivity contribution in [3.05, 3.63) is 85.0 Å². The number of rotatable bonds is 32. The van der Waals surface area contributed by atoms with Gasteiger partial charge in [0.05, 0.1) is 5.66 Å². The van der Waals surface area contributed by atoms with Gasteiger partial charge in [-0.15, -0.1) is 56.9 Å². The van der Waals surface area contributed by atoms with Crippen LogP contribution in [0.2, 0.25) is 0 Å². The van der Waals surface area contributed by atoms with Gasteiger partial charge in [-0.1, -0.05) is 174 Å². The first-order valence-electron chi connectivity index (χ1n) is 32.6. The number of hydrogen-bond donors (Lipinski definition) is 0. The molecule has 0 unspecified atom stereocenters. The Bertz CT molecular complexity index is 982. The van der Waals surface area contributed by atoms with Crippen LogP contribution >= 0.6 is 0 Å². The summed E-state index contributed by atoms with van der Waals surface area (Å²) in [6.45, 7) is 53.7. The van der Waals surface area contributed by atoms with Crippen LogP contribution in [0.3, 0.4) is 0 Å². The van der Waals surface area contributed by atoms with Crippen molar-refractivity contribution in [3.63, 3.8) is 0 Å². The Morgan fingerprint density at radius 2 is 0.548 bits per heavy atom. The normalized spacial score (nSPS) is 12.6. The van der Waals surface area contributed by atoms with Crippen LogP contribution in [0.15, 0.2) is 0 Å². The van der Waals surface area contributed by atoms with Crippen LogP contribution in [0.25, 0.3) is 47.9 Å². The summed E-state index contributed by atoms with van der Waals surface area (Å²) in [7, 11) is 24.4. The van der Waals surface area contributed by atoms with Crippen molar-refractivity contribution >= 4 is 0 Å². The van der Waals surface area contributed by atoms with Crippen molar-refractivity contribution in [2.45, 2.75) is 218 Å². The zero-order chi connectivity index (χ0) is 63.5. The predicted molar refractivity (Wildman–Crippen MR) is 414 cm³/mol. The molecule has 1 saturated heterocycles. The third kappa shape index (κ3) is 155. The summed E-state index contributed by atoms with van der Waals surface area (Å²) < 4.78 is 0. The molecule has 0 N–H and O–H groups in total. The maximum Gasteiger partial charge on any atom is 4.00 e. The fourth-order valence-electron chi connectivity index (χ4n) is 6.81. The molecule has 5 radical (unpaired) electrons. The van der Waals surface area contributed by atoms with Gasteiger partial charge in [-0.3, -0.25) is 9.80 Å². The van der Waals surface area contributed by atoms with E-state index in [-0.39, 0.29) is 207 Å². The van der Waals surface area contributed by atoms with Gasteiger partial charge in [-0.2, -0.15) is 59.9 Å². The second-order valence-corrected chi connectivity index (χ2v) is 23.7. The van der Waals surface area contributed by atoms with Crippen LogP contribution in [0.1, 0.15) is 188 Å². The third-order valence-electron chi connectivity index (χ3n) is 12.8. The van der Waals surface area contributed by atoms with Crippen LogP contribution in [0.4, 0.5) is 0 Å². The summed E-state index contributed by atoms with van der Waals surface area (Å²) in [5, 5.41) is 37.9. The summed E-state index contributed by atoms with van der Waals surface area (Å²) in [6.07, 6.45) is 17.2. The standard InChI is InChI=1S/2C9H20N2.C8H19N2.C7H16N2.2C6H15N2.2C5H13N2.2C5H10.CH4.5CH3.6Zr/c2*1-8(2)10-6-5-7-11-9(3)4;1-4-9-7-8-10(5-2)6-3;1-7(2)8(3)5-6-9(7)4;2*1-4-7-5-6-8(2)3;2*1-6-4-5-7(2)3;2*1-2-4-5-3-1;;;;;;;;;;;;/h2*8-9H,5-7H2,1-4H3;4-8H2,1-3H3;5-6H2,1-4H3;2*4-6H2,1-3H3;2*4-5H2,1-3H3;2*1-5H2;1H4;5*1H3;;;;;;/q2*-2;-1;;4*-1;;;;5*-1;5*+3;+4. The van der Waals surface area contributed by atoms with E-state index in [2.05, 4.69) is 228 Å². The molecule has 2 aliphatic carbocycles. The van der Waals surface area contributed by atoms with Crippen LogP contribution in [-0.2, 0) is 157 Å². The molecule has 553 valence electrons. The first kappa shape index (κ1) is 147. The molecule has 3 fully saturated rings. The van der Waals surface area contributed by atoms with Gasteiger partial charge in [-0.25, -0.2) is 0 Å². The Morgan fingerprint density at radius 3 is 0.677 bits per heavy atom. The molecule has 1 heterocycles. The quantitative estimate of drug-likeness (QED) is 0.0481. The van der Waals surface area contributed by atoms with Gasteiger partial charge in [0.15, 0.2) is 0 Å². The minimum Gasteiger partial charge on any atom is -0.664 e. The summed E-state index contributed by atoms with van der Waals surface area (Å²) in [6, 6.07) is 1.92. The molecule has 2 saturated carbocycles. The first-order valence-corrected chi connectivity index (χ1v) is 32.6. The Kier molecular flexibility index (Phi) is 191. The molecule has 0 aromatic carbocycles. The van der Waals surface area contributed by atoms with Crippen molar-refractivity contribution in [3.8, 4) is 0 Å². The minimum atomic E-state index is 0. The van der Waals surface area contributed by atoms with Crippen molar-refractivity contribution < 1.29 is 157 Å². The van der Waals surface area contributed by atoms with Crippen molar-refractivity contribution in [2.75, 3.05) is 222 Å². The van der Waals surface area contributed by atoms with Gasteiger partial charge in [0.1, 0.15) is 0 Å². The molecule has 0 bridgehead atoms. The summed E-state index contributed by atoms with van der Waals surface area (Å²) in [5.74, 6) is 0. The summed E-state index contributed by atoms with van der Waals surface area (Å²) in [5.41, 5.74) is 0.278. The van der Waals surface area contributed by atoms with E-state index in [1.165, 1.54) is 77.3 Å². The largest absolute Gasteiger partial charge is 4.00 e. The Morgan fingerprint density at radius 1 is 0.355 bits per heavy atom. The van der Waals surface area contributed by atoms with Crippen LogP contribution < -0.4 is 0 Å². The van der Waals surface area contributed by atoms with Gasteiger partial charge in [0, 0.05) is 13.1 Å². The van der Waals surface area contributed by atoms with Gasteiger partial charge in [-0.05, 0) is 130 Å². The molecule has 0 aromatic rings. The monoisotopic (exact) mass is 1790 g/mol. The first-order chi connectivity index (χ1) is 38.2. The maximum absolute atomic E-state index is 4.36. The zero-order valence-corrected chi connectivity index (χ0v) is 83.0. The van der Waals surface area contributed by atoms with E-state index in [4.69, 9.17) is 0 Å². The Hall–Kier alpha value is 4.66. The molecule has 3 rings (SSSR count). The molecule has 22 heteroatoms. The van der Waals surface area contributed by atoms with Gasteiger partial charge < -0.3 is 109 Å². The Balaban J connectivity index is -0.0000000382. The average Bonchev–Trinajstić information content (AvgIpc) is 4.23. The molecule has 0 atom stereocenters. The van der Waals surface area contributed by atoms with Gasteiger partial charge >= 0.3 is 157 Å². The smallest absolute Gasteiger partial charge is 0.664 e. The van der Waals surface area contributed by atoms with E-state index >= 15 is 0 Å². The summed E-state index contributed by atoms with van der Waals surface area (Å²) in [4.78, 5) is 15.6. The second kappa shape index (κ2) is 121. The SMILES string of the molecule is C.C1CCCC1.C1CCCC1.CC(C)[N-]CCC[N-]C(C)C.CC(C)[N-]CCC[N-]C(C)C.CC[N-]CCN(C)C.CC[N-]CCN(C)C.CC[N-]CCN(CC)CC.CN1CCN(C)C1(C)C.C[N-]CCN(C)C.C[N-]CCN(C)C.[CH3-].[CH3-].[CH3-].[CH3-].[CH3-].[Zr+3].[Zr+3].[Zr+3].[Zr+3].[Zr+3].[Zr+4]. The zero-order valence-electron chi connectivity index (χ0n) is 68.3. The van der Waals surface area contributed by atoms with Crippen molar-refractivity contribution in [1.29, 1.82) is 0 Å². The molecular formula is C71H170N16Zr6+5. The maximum atomic E-state index is 4.36. The van der Waals surface area contributed by atoms with E-state index in [0.717, 1.165) is 137 Å². The fourth-order valence-corrected chi connectivity index (χ4v) is 6.81. The molecule has 0 aromatic heterocycles. The molecule has 16 nitrogen and oxygen atoms in total. The number of likely N-dealkylation sites (N-methyl/N-ethyl adjacent to an activating group) is 12. The molecular weight excluding hydrogens is 1620 g/mol. The van der Waals surface area contributed by atoms with E-state index in [9.17, 15) is 0 Å². The van der Waals surface area contributed by atoms with E-state index < -0.39 is 0 Å². The van der Waals surface area contributed by atoms with Gasteiger partial charge in [0.25, 0.3) is 0 Å². The number of nitrogens with zero attached hydrogens (tertiary/aromatic N) is 16. The molecule has 93 heavy (non-hydrogen) atoms. The van der Waals surface area contributed by atoms with Gasteiger partial charge in [0.2, 0.25) is 0 Å². The molecule has 0 amide bonds. The Labute approximate surface area is 708 Å². The van der Waals surface area contributed by atoms with Crippen LogP contribution in [0, 0.1) is 37.1 Å². The average molecular weight is 1800 g/mol. The fraction of sp³-hybridized carbons (Fsp3) is 0.930. The number of hydrogen-bond acceptors (Lipinski definition) is 7. The van der Waals surface area contributed by atoms with Crippen LogP contribution in [-0.4, -0.2) is 286 Å². The van der Waals surface area contributed by atoms with Crippen molar-refractivity contribution in [2.24, 2.45) is 0 Å². The molecule has 0 spiro atoms. The summed E-state index contributed by atoms with van der Waals surface area (Å²) >= 11 is 0. The van der Waals surface area contributed by atoms with Crippen LogP contribution in [0.5, 0.6) is 0 Å². The van der Waals surface area contributed by atoms with Crippen molar-refractivity contribution in [1.82, 2.24) is 34.3 Å². The predicted octanol–water partition coefficient (Wildman–Crippen LogP) is 18.0.